The molecule has 0 unspecified atom stereocenters. The molecule has 6 nitrogen and oxygen atoms in total. The molecular weight excluding hydrogens is 447 g/mol. The Balaban J connectivity index is 2.16. The third kappa shape index (κ3) is 4.65. The van der Waals surface area contributed by atoms with Crippen molar-refractivity contribution in [3.05, 3.63) is 45.1 Å². The van der Waals surface area contributed by atoms with Crippen LogP contribution < -0.4 is 10.2 Å². The second-order valence-corrected chi connectivity index (χ2v) is 10.4. The van der Waals surface area contributed by atoms with Crippen LogP contribution in [0.25, 0.3) is 11.1 Å². The first-order chi connectivity index (χ1) is 14.9. The van der Waals surface area contributed by atoms with Crippen LogP contribution in [0.4, 0.5) is 10.6 Å². The quantitative estimate of drug-likeness (QED) is 0.555. The maximum absolute atomic E-state index is 11.2. The minimum Gasteiger partial charge on any atom is -0.465 e. The van der Waals surface area contributed by atoms with Crippen LogP contribution in [-0.2, 0) is 5.41 Å². The largest absolute Gasteiger partial charge is 0.465 e. The van der Waals surface area contributed by atoms with E-state index in [-0.39, 0.29) is 5.41 Å². The molecule has 2 heterocycles. The lowest BCUT2D eigenvalue weighted by atomic mass is 9.80. The summed E-state index contributed by atoms with van der Waals surface area (Å²) in [6.07, 6.45) is 0.278. The second kappa shape index (κ2) is 8.80. The van der Waals surface area contributed by atoms with Gasteiger partial charge in [0, 0.05) is 41.0 Å². The van der Waals surface area contributed by atoms with Gasteiger partial charge in [-0.2, -0.15) is 5.26 Å². The van der Waals surface area contributed by atoms with Crippen LogP contribution >= 0.6 is 23.2 Å². The van der Waals surface area contributed by atoms with Gasteiger partial charge in [-0.05, 0) is 38.2 Å². The number of halogens is 2. The molecule has 1 fully saturated rings. The van der Waals surface area contributed by atoms with Crippen molar-refractivity contribution in [2.75, 3.05) is 18.0 Å². The standard InChI is InChI=1S/C24H28Cl2N4O2/c1-14-18(15-7-6-8-17(25)20(15)26)16(13-27)19(23(2,3)4)21(28-14)30-11-9-24(5,10-12-30)29-22(31)32/h6-8,29H,9-12H2,1-5H3,(H,31,32). The summed E-state index contributed by atoms with van der Waals surface area (Å²) in [4.78, 5) is 18.3. The van der Waals surface area contributed by atoms with Crippen molar-refractivity contribution in [3.8, 4) is 17.2 Å². The Labute approximate surface area is 199 Å². The number of carboxylic acid groups (broad SMARTS) is 1. The van der Waals surface area contributed by atoms with E-state index < -0.39 is 11.6 Å². The van der Waals surface area contributed by atoms with Gasteiger partial charge in [0.05, 0.1) is 15.6 Å². The third-order valence-electron chi connectivity index (χ3n) is 6.02. The SMILES string of the molecule is Cc1nc(N2CCC(C)(NC(=O)O)CC2)c(C(C)(C)C)c(C#N)c1-c1cccc(Cl)c1Cl. The molecule has 2 aromatic rings. The molecule has 0 spiro atoms. The van der Waals surface area contributed by atoms with Crippen LogP contribution in [0, 0.1) is 18.3 Å². The molecule has 1 saturated heterocycles. The lowest BCUT2D eigenvalue weighted by Gasteiger charge is -2.41. The van der Waals surface area contributed by atoms with Crippen LogP contribution in [0.15, 0.2) is 18.2 Å². The summed E-state index contributed by atoms with van der Waals surface area (Å²) in [7, 11) is 0. The fourth-order valence-corrected chi connectivity index (χ4v) is 4.76. The molecule has 0 atom stereocenters. The number of nitriles is 1. The van der Waals surface area contributed by atoms with Crippen LogP contribution in [-0.4, -0.2) is 34.8 Å². The summed E-state index contributed by atoms with van der Waals surface area (Å²) in [5, 5.41) is 22.9. The summed E-state index contributed by atoms with van der Waals surface area (Å²) < 4.78 is 0. The Kier molecular flexibility index (Phi) is 6.65. The number of hydrogen-bond donors (Lipinski definition) is 2. The minimum absolute atomic E-state index is 0.360. The topological polar surface area (TPSA) is 89.2 Å². The highest BCUT2D eigenvalue weighted by atomic mass is 35.5. The molecule has 1 aliphatic heterocycles. The number of hydrogen-bond acceptors (Lipinski definition) is 4. The van der Waals surface area contributed by atoms with Gasteiger partial charge in [0.25, 0.3) is 0 Å². The van der Waals surface area contributed by atoms with Crippen LogP contribution in [0.1, 0.15) is 57.4 Å². The number of nitrogens with zero attached hydrogens (tertiary/aromatic N) is 3. The van der Waals surface area contributed by atoms with E-state index >= 15 is 0 Å². The average molecular weight is 475 g/mol. The van der Waals surface area contributed by atoms with Crippen molar-refractivity contribution in [2.45, 2.75) is 58.4 Å². The molecule has 0 radical (unpaired) electrons. The van der Waals surface area contributed by atoms with Crippen molar-refractivity contribution in [1.82, 2.24) is 10.3 Å². The van der Waals surface area contributed by atoms with Gasteiger partial charge in [-0.1, -0.05) is 56.1 Å². The van der Waals surface area contributed by atoms with E-state index in [9.17, 15) is 10.1 Å². The van der Waals surface area contributed by atoms with Crippen molar-refractivity contribution in [2.24, 2.45) is 0 Å². The number of aromatic nitrogens is 1. The zero-order valence-electron chi connectivity index (χ0n) is 19.0. The molecule has 0 saturated carbocycles. The Morgan fingerprint density at radius 2 is 1.91 bits per heavy atom. The maximum atomic E-state index is 11.2. The first-order valence-corrected chi connectivity index (χ1v) is 11.3. The van der Waals surface area contributed by atoms with Crippen LogP contribution in [0.5, 0.6) is 0 Å². The number of pyridine rings is 1. The molecule has 1 aromatic carbocycles. The van der Waals surface area contributed by atoms with Gasteiger partial charge in [0.1, 0.15) is 11.9 Å². The molecule has 1 amide bonds. The molecule has 3 rings (SSSR count). The summed E-state index contributed by atoms with van der Waals surface area (Å²) >= 11 is 12.8. The Morgan fingerprint density at radius 3 is 2.44 bits per heavy atom. The van der Waals surface area contributed by atoms with Crippen LogP contribution in [0.3, 0.4) is 0 Å². The summed E-state index contributed by atoms with van der Waals surface area (Å²) in [5.74, 6) is 0.769. The van der Waals surface area contributed by atoms with Gasteiger partial charge >= 0.3 is 6.09 Å². The Morgan fingerprint density at radius 1 is 1.28 bits per heavy atom. The van der Waals surface area contributed by atoms with E-state index in [0.29, 0.717) is 58.4 Å². The summed E-state index contributed by atoms with van der Waals surface area (Å²) in [6, 6.07) is 7.81. The number of anilines is 1. The molecule has 0 bridgehead atoms. The molecule has 32 heavy (non-hydrogen) atoms. The Hall–Kier alpha value is -2.49. The van der Waals surface area contributed by atoms with Gasteiger partial charge in [0.2, 0.25) is 0 Å². The summed E-state index contributed by atoms with van der Waals surface area (Å²) in [6.45, 7) is 11.3. The fourth-order valence-electron chi connectivity index (χ4n) is 4.36. The van der Waals surface area contributed by atoms with Crippen molar-refractivity contribution in [1.29, 1.82) is 5.26 Å². The van der Waals surface area contributed by atoms with Crippen LogP contribution in [0.2, 0.25) is 10.0 Å². The third-order valence-corrected chi connectivity index (χ3v) is 6.84. The molecular formula is C24H28Cl2N4O2. The second-order valence-electron chi connectivity index (χ2n) is 9.59. The zero-order valence-corrected chi connectivity index (χ0v) is 20.5. The smallest absolute Gasteiger partial charge is 0.405 e. The number of aryl methyl sites for hydroxylation is 1. The first kappa shape index (κ1) is 24.2. The van der Waals surface area contributed by atoms with Crippen molar-refractivity contribution < 1.29 is 9.90 Å². The molecule has 1 aromatic heterocycles. The fraction of sp³-hybridized carbons (Fsp3) is 0.458. The number of carbonyl (C=O) groups is 1. The molecule has 2 N–H and O–H groups in total. The number of amides is 1. The normalized spacial score (nSPS) is 15.9. The first-order valence-electron chi connectivity index (χ1n) is 10.5. The monoisotopic (exact) mass is 474 g/mol. The minimum atomic E-state index is -1.01. The van der Waals surface area contributed by atoms with Gasteiger partial charge in [-0.25, -0.2) is 9.78 Å². The number of benzene rings is 1. The van der Waals surface area contributed by atoms with Crippen molar-refractivity contribution >= 4 is 35.1 Å². The average Bonchev–Trinajstić information content (AvgIpc) is 2.68. The van der Waals surface area contributed by atoms with E-state index in [2.05, 4.69) is 37.1 Å². The highest BCUT2D eigenvalue weighted by Crippen LogP contribution is 2.43. The predicted octanol–water partition coefficient (Wildman–Crippen LogP) is 6.16. The van der Waals surface area contributed by atoms with E-state index in [1.807, 2.05) is 26.0 Å². The van der Waals surface area contributed by atoms with E-state index in [1.54, 1.807) is 6.07 Å². The molecule has 1 aliphatic rings. The highest BCUT2D eigenvalue weighted by Gasteiger charge is 2.36. The molecule has 8 heteroatoms. The van der Waals surface area contributed by atoms with Gasteiger partial charge in [-0.3, -0.25) is 0 Å². The van der Waals surface area contributed by atoms with Crippen molar-refractivity contribution in [3.63, 3.8) is 0 Å². The van der Waals surface area contributed by atoms with Gasteiger partial charge in [0.15, 0.2) is 0 Å². The highest BCUT2D eigenvalue weighted by molar-refractivity contribution is 6.43. The molecule has 0 aliphatic carbocycles. The van der Waals surface area contributed by atoms with E-state index in [1.165, 1.54) is 0 Å². The van der Waals surface area contributed by atoms with E-state index in [0.717, 1.165) is 11.4 Å². The van der Waals surface area contributed by atoms with E-state index in [4.69, 9.17) is 33.3 Å². The zero-order chi connectivity index (χ0) is 23.8. The van der Waals surface area contributed by atoms with Gasteiger partial charge < -0.3 is 15.3 Å². The maximum Gasteiger partial charge on any atom is 0.405 e. The number of rotatable bonds is 3. The lowest BCUT2D eigenvalue weighted by molar-refractivity contribution is 0.173. The number of piperidine rings is 1. The predicted molar refractivity (Wildman–Crippen MR) is 129 cm³/mol. The Bertz CT molecular complexity index is 1090. The lowest BCUT2D eigenvalue weighted by Crippen LogP contribution is -2.53. The molecule has 170 valence electrons. The summed E-state index contributed by atoms with van der Waals surface area (Å²) in [5.41, 5.74) is 2.64. The van der Waals surface area contributed by atoms with Gasteiger partial charge in [-0.15, -0.1) is 0 Å². The number of nitrogens with one attached hydrogen (secondary N) is 1.